The predicted molar refractivity (Wildman–Crippen MR) is 102 cm³/mol. The van der Waals surface area contributed by atoms with E-state index in [1.165, 1.54) is 4.68 Å². The molecule has 1 saturated heterocycles. The first kappa shape index (κ1) is 19.7. The number of rotatable bonds is 6. The minimum atomic E-state index is -2.59. The lowest BCUT2D eigenvalue weighted by Gasteiger charge is -2.29. The summed E-state index contributed by atoms with van der Waals surface area (Å²) in [5, 5.41) is 7.36. The maximum absolute atomic E-state index is 13.4. The molecule has 8 nitrogen and oxygen atoms in total. The molecular weight excluding hydrogens is 382 g/mol. The molecule has 0 bridgehead atoms. The SMILES string of the molecule is CN1CCC(Oc2cc(NC3CCC(F)(F)CC3)nc(-n3ccc(C=O)n3)n2)C1. The van der Waals surface area contributed by atoms with E-state index in [-0.39, 0.29) is 36.6 Å². The van der Waals surface area contributed by atoms with Gasteiger partial charge in [0.25, 0.3) is 5.95 Å². The number of likely N-dealkylation sites (tertiary alicyclic amines) is 1. The van der Waals surface area contributed by atoms with E-state index in [0.29, 0.717) is 30.8 Å². The van der Waals surface area contributed by atoms with Crippen LogP contribution in [0.1, 0.15) is 42.6 Å². The molecular formula is C19H24F2N6O2. The molecule has 29 heavy (non-hydrogen) atoms. The Balaban J connectivity index is 1.56. The van der Waals surface area contributed by atoms with Crippen molar-refractivity contribution in [2.24, 2.45) is 0 Å². The summed E-state index contributed by atoms with van der Waals surface area (Å²) in [6.07, 6.45) is 3.62. The van der Waals surface area contributed by atoms with E-state index in [9.17, 15) is 13.6 Å². The number of likely N-dealkylation sites (N-methyl/N-ethyl adjacent to an activating group) is 1. The molecule has 0 radical (unpaired) electrons. The smallest absolute Gasteiger partial charge is 0.255 e. The molecule has 1 saturated carbocycles. The summed E-state index contributed by atoms with van der Waals surface area (Å²) in [5.74, 6) is -1.44. The highest BCUT2D eigenvalue weighted by Gasteiger charge is 2.35. The number of carbonyl (C=O) groups is 1. The van der Waals surface area contributed by atoms with Crippen LogP contribution in [0.4, 0.5) is 14.6 Å². The van der Waals surface area contributed by atoms with Crippen molar-refractivity contribution in [1.82, 2.24) is 24.6 Å². The first-order chi connectivity index (χ1) is 13.9. The van der Waals surface area contributed by atoms with Crippen LogP contribution in [0.5, 0.6) is 5.88 Å². The minimum absolute atomic E-state index is 0.0205. The number of ether oxygens (including phenoxy) is 1. The van der Waals surface area contributed by atoms with Crippen molar-refractivity contribution >= 4 is 12.1 Å². The van der Waals surface area contributed by atoms with Gasteiger partial charge in [-0.3, -0.25) is 4.79 Å². The van der Waals surface area contributed by atoms with Gasteiger partial charge in [0, 0.05) is 44.2 Å². The van der Waals surface area contributed by atoms with Crippen molar-refractivity contribution < 1.29 is 18.3 Å². The van der Waals surface area contributed by atoms with Gasteiger partial charge < -0.3 is 15.0 Å². The van der Waals surface area contributed by atoms with Crippen LogP contribution in [-0.4, -0.2) is 69.1 Å². The van der Waals surface area contributed by atoms with Crippen LogP contribution in [0.3, 0.4) is 0 Å². The molecule has 0 aromatic carbocycles. The Labute approximate surface area is 167 Å². The number of nitrogens with zero attached hydrogens (tertiary/aromatic N) is 5. The molecule has 1 unspecified atom stereocenters. The highest BCUT2D eigenvalue weighted by Crippen LogP contribution is 2.34. The molecule has 2 aliphatic rings. The third kappa shape index (κ3) is 4.87. The maximum Gasteiger partial charge on any atom is 0.255 e. The fourth-order valence-corrected chi connectivity index (χ4v) is 3.72. The molecule has 0 spiro atoms. The summed E-state index contributed by atoms with van der Waals surface area (Å²) in [6, 6.07) is 3.16. The summed E-state index contributed by atoms with van der Waals surface area (Å²) >= 11 is 0. The van der Waals surface area contributed by atoms with Gasteiger partial charge in [0.15, 0.2) is 6.29 Å². The van der Waals surface area contributed by atoms with Crippen LogP contribution in [0.15, 0.2) is 18.3 Å². The average molecular weight is 406 g/mol. The standard InChI is InChI=1S/C19H24F2N6O2/c1-26-8-5-15(11-26)29-17-10-16(22-13-2-6-19(20,21)7-3-13)23-18(24-17)27-9-4-14(12-28)25-27/h4,9-10,12-13,15H,2-3,5-8,11H2,1H3,(H,22,23,24). The van der Waals surface area contributed by atoms with Crippen molar-refractivity contribution in [3.63, 3.8) is 0 Å². The number of anilines is 1. The second-order valence-electron chi connectivity index (χ2n) is 7.76. The topological polar surface area (TPSA) is 85.2 Å². The van der Waals surface area contributed by atoms with Gasteiger partial charge in [-0.2, -0.15) is 15.1 Å². The summed E-state index contributed by atoms with van der Waals surface area (Å²) in [7, 11) is 2.03. The Hall–Kier alpha value is -2.62. The highest BCUT2D eigenvalue weighted by molar-refractivity contribution is 5.71. The van der Waals surface area contributed by atoms with E-state index in [1.807, 2.05) is 7.05 Å². The van der Waals surface area contributed by atoms with Gasteiger partial charge in [0.05, 0.1) is 0 Å². The van der Waals surface area contributed by atoms with Crippen LogP contribution in [-0.2, 0) is 0 Å². The van der Waals surface area contributed by atoms with E-state index in [4.69, 9.17) is 4.74 Å². The average Bonchev–Trinajstić information content (AvgIpc) is 3.32. The molecule has 156 valence electrons. The monoisotopic (exact) mass is 406 g/mol. The third-order valence-electron chi connectivity index (χ3n) is 5.33. The second-order valence-corrected chi connectivity index (χ2v) is 7.76. The molecule has 1 atom stereocenters. The third-order valence-corrected chi connectivity index (χ3v) is 5.33. The van der Waals surface area contributed by atoms with Gasteiger partial charge in [-0.05, 0) is 32.4 Å². The Morgan fingerprint density at radius 1 is 1.28 bits per heavy atom. The highest BCUT2D eigenvalue weighted by atomic mass is 19.3. The van der Waals surface area contributed by atoms with Crippen LogP contribution >= 0.6 is 0 Å². The lowest BCUT2D eigenvalue weighted by molar-refractivity contribution is -0.0361. The van der Waals surface area contributed by atoms with Crippen molar-refractivity contribution in [3.8, 4) is 11.8 Å². The van der Waals surface area contributed by atoms with Crippen LogP contribution < -0.4 is 10.1 Å². The van der Waals surface area contributed by atoms with Crippen LogP contribution in [0.25, 0.3) is 5.95 Å². The second kappa shape index (κ2) is 8.02. The fourth-order valence-electron chi connectivity index (χ4n) is 3.72. The summed E-state index contributed by atoms with van der Waals surface area (Å²) in [5.41, 5.74) is 0.265. The zero-order valence-electron chi connectivity index (χ0n) is 16.2. The molecule has 1 N–H and O–H groups in total. The zero-order chi connectivity index (χ0) is 20.4. The quantitative estimate of drug-likeness (QED) is 0.738. The molecule has 2 aromatic heterocycles. The number of nitrogens with one attached hydrogen (secondary N) is 1. The molecule has 10 heteroatoms. The molecule has 1 aliphatic carbocycles. The van der Waals surface area contributed by atoms with Gasteiger partial charge in [-0.25, -0.2) is 13.5 Å². The lowest BCUT2D eigenvalue weighted by Crippen LogP contribution is -2.32. The molecule has 0 amide bonds. The molecule has 2 fully saturated rings. The first-order valence-corrected chi connectivity index (χ1v) is 9.80. The van der Waals surface area contributed by atoms with E-state index in [1.54, 1.807) is 18.3 Å². The minimum Gasteiger partial charge on any atom is -0.473 e. The van der Waals surface area contributed by atoms with Crippen molar-refractivity contribution in [2.45, 2.75) is 50.2 Å². The molecule has 2 aromatic rings. The largest absolute Gasteiger partial charge is 0.473 e. The normalized spacial score (nSPS) is 22.5. The van der Waals surface area contributed by atoms with Gasteiger partial charge in [-0.15, -0.1) is 0 Å². The van der Waals surface area contributed by atoms with E-state index in [0.717, 1.165) is 19.5 Å². The van der Waals surface area contributed by atoms with Crippen molar-refractivity contribution in [1.29, 1.82) is 0 Å². The van der Waals surface area contributed by atoms with Crippen molar-refractivity contribution in [2.75, 3.05) is 25.5 Å². The van der Waals surface area contributed by atoms with Crippen molar-refractivity contribution in [3.05, 3.63) is 24.0 Å². The molecule has 4 rings (SSSR count). The number of aromatic nitrogens is 4. The number of alkyl halides is 2. The number of halogens is 2. The van der Waals surface area contributed by atoms with E-state index in [2.05, 4.69) is 25.3 Å². The predicted octanol–water partition coefficient (Wildman–Crippen LogP) is 2.55. The van der Waals surface area contributed by atoms with Gasteiger partial charge in [-0.1, -0.05) is 0 Å². The van der Waals surface area contributed by atoms with Gasteiger partial charge in [0.2, 0.25) is 11.8 Å². The number of aldehydes is 1. The van der Waals surface area contributed by atoms with Gasteiger partial charge in [0.1, 0.15) is 17.6 Å². The molecule has 3 heterocycles. The summed E-state index contributed by atoms with van der Waals surface area (Å²) in [4.78, 5) is 22.0. The van der Waals surface area contributed by atoms with E-state index < -0.39 is 5.92 Å². The number of carbonyl (C=O) groups excluding carboxylic acids is 1. The Bertz CT molecular complexity index is 864. The summed E-state index contributed by atoms with van der Waals surface area (Å²) in [6.45, 7) is 1.75. The fraction of sp³-hybridized carbons (Fsp3) is 0.579. The lowest BCUT2D eigenvalue weighted by atomic mass is 9.92. The first-order valence-electron chi connectivity index (χ1n) is 9.80. The Morgan fingerprint density at radius 2 is 2.07 bits per heavy atom. The maximum atomic E-state index is 13.4. The molecule has 1 aliphatic heterocycles. The Morgan fingerprint density at radius 3 is 2.72 bits per heavy atom. The number of hydrogen-bond acceptors (Lipinski definition) is 7. The van der Waals surface area contributed by atoms with E-state index >= 15 is 0 Å². The summed E-state index contributed by atoms with van der Waals surface area (Å²) < 4.78 is 34.3. The van der Waals surface area contributed by atoms with Gasteiger partial charge >= 0.3 is 0 Å². The Kier molecular flexibility index (Phi) is 5.44. The zero-order valence-corrected chi connectivity index (χ0v) is 16.2. The van der Waals surface area contributed by atoms with Crippen LogP contribution in [0, 0.1) is 0 Å². The number of hydrogen-bond donors (Lipinski definition) is 1. The van der Waals surface area contributed by atoms with Crippen LogP contribution in [0.2, 0.25) is 0 Å².